The molecule has 1 aromatic heterocycles. The maximum absolute atomic E-state index is 12.1. The Balaban J connectivity index is 1.91. The molecule has 0 atom stereocenters. The Bertz CT molecular complexity index is 616. The van der Waals surface area contributed by atoms with E-state index in [-0.39, 0.29) is 6.03 Å². The van der Waals surface area contributed by atoms with Crippen LogP contribution in [0.25, 0.3) is 0 Å². The van der Waals surface area contributed by atoms with Crippen LogP contribution in [0.4, 0.5) is 16.2 Å². The van der Waals surface area contributed by atoms with Crippen molar-refractivity contribution in [2.24, 2.45) is 0 Å². The molecule has 0 aliphatic carbocycles. The van der Waals surface area contributed by atoms with Gasteiger partial charge in [-0.05, 0) is 42.5 Å². The first-order valence-electron chi connectivity index (χ1n) is 5.66. The average molecular weight is 289 g/mol. The average Bonchev–Trinajstić information content (AvgIpc) is 2.47. The van der Waals surface area contributed by atoms with Gasteiger partial charge in [-0.15, -0.1) is 11.8 Å². The molecule has 0 saturated carbocycles. The molecule has 3 rings (SSSR count). The van der Waals surface area contributed by atoms with Gasteiger partial charge in [-0.25, -0.2) is 14.1 Å². The highest BCUT2D eigenvalue weighted by Gasteiger charge is 2.24. The van der Waals surface area contributed by atoms with Crippen molar-refractivity contribution in [3.05, 3.63) is 42.6 Å². The number of carbonyl (C=O) groups excluding carboxylic acids is 1. The monoisotopic (exact) mass is 289 g/mol. The quantitative estimate of drug-likeness (QED) is 0.673. The Labute approximate surface area is 119 Å². The predicted octanol–water partition coefficient (Wildman–Crippen LogP) is 3.86. The van der Waals surface area contributed by atoms with Crippen molar-refractivity contribution in [1.29, 1.82) is 0 Å². The molecular weight excluding hydrogens is 278 g/mol. The number of benzene rings is 1. The van der Waals surface area contributed by atoms with E-state index < -0.39 is 0 Å². The second-order valence-corrected chi connectivity index (χ2v) is 5.68. The second-order valence-electron chi connectivity index (χ2n) is 3.87. The molecule has 1 aliphatic rings. The number of anilines is 2. The molecule has 0 unspecified atom stereocenters. The van der Waals surface area contributed by atoms with Crippen molar-refractivity contribution in [1.82, 2.24) is 4.98 Å². The summed E-state index contributed by atoms with van der Waals surface area (Å²) in [5, 5.41) is 3.81. The van der Waals surface area contributed by atoms with Crippen LogP contribution in [0.2, 0.25) is 0 Å². The maximum Gasteiger partial charge on any atom is 0.336 e. The minimum atomic E-state index is -0.151. The third kappa shape index (κ3) is 2.41. The lowest BCUT2D eigenvalue weighted by atomic mass is 10.3. The zero-order valence-corrected chi connectivity index (χ0v) is 11.8. The van der Waals surface area contributed by atoms with E-state index in [0.717, 1.165) is 21.3 Å². The number of pyridine rings is 1. The Morgan fingerprint density at radius 3 is 2.84 bits per heavy atom. The molecule has 0 fully saturated rings. The van der Waals surface area contributed by atoms with Gasteiger partial charge in [-0.3, -0.25) is 0 Å². The van der Waals surface area contributed by atoms with Crippen molar-refractivity contribution in [3.8, 4) is 0 Å². The zero-order chi connectivity index (χ0) is 13.2. The van der Waals surface area contributed by atoms with Gasteiger partial charge in [0.1, 0.15) is 0 Å². The summed E-state index contributed by atoms with van der Waals surface area (Å²) in [6, 6.07) is 11.4. The standard InChI is InChI=1S/C13H11N3OS2/c1-18-12-7-6-9(8-14-12)16-13(17)15-10-4-2-3-5-11(10)19-16/h2-8H,1H3,(H,15,17). The van der Waals surface area contributed by atoms with Gasteiger partial charge in [0, 0.05) is 0 Å². The summed E-state index contributed by atoms with van der Waals surface area (Å²) in [5.41, 5.74) is 1.62. The van der Waals surface area contributed by atoms with E-state index in [9.17, 15) is 4.79 Å². The topological polar surface area (TPSA) is 45.2 Å². The molecule has 1 aliphatic heterocycles. The van der Waals surface area contributed by atoms with Crippen LogP contribution in [0.15, 0.2) is 52.5 Å². The number of thioether (sulfide) groups is 1. The number of nitrogens with one attached hydrogen (secondary N) is 1. The number of carbonyl (C=O) groups is 1. The van der Waals surface area contributed by atoms with Gasteiger partial charge in [-0.2, -0.15) is 0 Å². The largest absolute Gasteiger partial charge is 0.336 e. The first-order chi connectivity index (χ1) is 9.28. The number of rotatable bonds is 2. The molecular formula is C13H11N3OS2. The van der Waals surface area contributed by atoms with Gasteiger partial charge in [0.05, 0.1) is 27.5 Å². The summed E-state index contributed by atoms with van der Waals surface area (Å²) in [6.45, 7) is 0. The van der Waals surface area contributed by atoms with E-state index in [1.165, 1.54) is 11.9 Å². The summed E-state index contributed by atoms with van der Waals surface area (Å²) < 4.78 is 1.61. The van der Waals surface area contributed by atoms with E-state index in [4.69, 9.17) is 0 Å². The van der Waals surface area contributed by atoms with Crippen LogP contribution in [0, 0.1) is 0 Å². The normalized spacial score (nSPS) is 13.9. The molecule has 4 nitrogen and oxygen atoms in total. The first-order valence-corrected chi connectivity index (χ1v) is 7.66. The Morgan fingerprint density at radius 1 is 1.26 bits per heavy atom. The van der Waals surface area contributed by atoms with E-state index in [2.05, 4.69) is 10.3 Å². The Kier molecular flexibility index (Phi) is 3.35. The lowest BCUT2D eigenvalue weighted by Crippen LogP contribution is -2.32. The second kappa shape index (κ2) is 5.14. The van der Waals surface area contributed by atoms with Crippen LogP contribution < -0.4 is 9.62 Å². The van der Waals surface area contributed by atoms with Gasteiger partial charge >= 0.3 is 6.03 Å². The van der Waals surface area contributed by atoms with Gasteiger partial charge in [-0.1, -0.05) is 12.1 Å². The van der Waals surface area contributed by atoms with Crippen molar-refractivity contribution in [3.63, 3.8) is 0 Å². The number of hydrogen-bond donors (Lipinski definition) is 1. The molecule has 0 spiro atoms. The fourth-order valence-corrected chi connectivity index (χ4v) is 3.00. The van der Waals surface area contributed by atoms with Gasteiger partial charge in [0.25, 0.3) is 0 Å². The summed E-state index contributed by atoms with van der Waals surface area (Å²) in [6.07, 6.45) is 3.69. The van der Waals surface area contributed by atoms with Crippen LogP contribution in [0.3, 0.4) is 0 Å². The maximum atomic E-state index is 12.1. The van der Waals surface area contributed by atoms with Crippen LogP contribution in [-0.2, 0) is 0 Å². The SMILES string of the molecule is CSc1ccc(N2Sc3ccccc3NC2=O)cn1. The minimum Gasteiger partial charge on any atom is -0.306 e. The molecule has 6 heteroatoms. The van der Waals surface area contributed by atoms with Crippen LogP contribution in [-0.4, -0.2) is 17.3 Å². The molecule has 1 N–H and O–H groups in total. The molecule has 2 aromatic rings. The Morgan fingerprint density at radius 2 is 2.11 bits per heavy atom. The summed E-state index contributed by atoms with van der Waals surface area (Å²) >= 11 is 2.98. The van der Waals surface area contributed by atoms with Crippen LogP contribution in [0.5, 0.6) is 0 Å². The lowest BCUT2D eigenvalue weighted by Gasteiger charge is -2.27. The van der Waals surface area contributed by atoms with Gasteiger partial charge in [0.2, 0.25) is 0 Å². The number of urea groups is 1. The van der Waals surface area contributed by atoms with E-state index in [0.29, 0.717) is 0 Å². The van der Waals surface area contributed by atoms with E-state index in [1.54, 1.807) is 22.3 Å². The number of fused-ring (bicyclic) bond motifs is 1. The molecule has 19 heavy (non-hydrogen) atoms. The third-order valence-electron chi connectivity index (χ3n) is 2.67. The molecule has 0 radical (unpaired) electrons. The smallest absolute Gasteiger partial charge is 0.306 e. The highest BCUT2D eigenvalue weighted by Crippen LogP contribution is 2.37. The lowest BCUT2D eigenvalue weighted by molar-refractivity contribution is 0.260. The molecule has 0 bridgehead atoms. The summed E-state index contributed by atoms with van der Waals surface area (Å²) in [7, 11) is 0. The summed E-state index contributed by atoms with van der Waals surface area (Å²) in [5.74, 6) is 0. The van der Waals surface area contributed by atoms with Crippen molar-refractivity contribution in [2.75, 3.05) is 15.9 Å². The molecule has 0 saturated heterocycles. The van der Waals surface area contributed by atoms with Crippen molar-refractivity contribution >= 4 is 41.1 Å². The Hall–Kier alpha value is -1.66. The summed E-state index contributed by atoms with van der Waals surface area (Å²) in [4.78, 5) is 17.4. The van der Waals surface area contributed by atoms with Gasteiger partial charge in [0.15, 0.2) is 0 Å². The first kappa shape index (κ1) is 12.4. The number of aromatic nitrogens is 1. The van der Waals surface area contributed by atoms with Crippen molar-refractivity contribution < 1.29 is 4.79 Å². The highest BCUT2D eigenvalue weighted by molar-refractivity contribution is 8.01. The predicted molar refractivity (Wildman–Crippen MR) is 79.8 cm³/mol. The van der Waals surface area contributed by atoms with Gasteiger partial charge < -0.3 is 5.32 Å². The minimum absolute atomic E-state index is 0.151. The van der Waals surface area contributed by atoms with E-state index in [1.807, 2.05) is 42.7 Å². The zero-order valence-electron chi connectivity index (χ0n) is 10.2. The van der Waals surface area contributed by atoms with Crippen LogP contribution in [0.1, 0.15) is 0 Å². The molecule has 1 aromatic carbocycles. The highest BCUT2D eigenvalue weighted by atomic mass is 32.2. The molecule has 2 heterocycles. The third-order valence-corrected chi connectivity index (χ3v) is 4.44. The fraction of sp³-hybridized carbons (Fsp3) is 0.0769. The van der Waals surface area contributed by atoms with E-state index >= 15 is 0 Å². The van der Waals surface area contributed by atoms with Crippen molar-refractivity contribution in [2.45, 2.75) is 9.92 Å². The molecule has 96 valence electrons. The number of hydrogen-bond acceptors (Lipinski definition) is 4. The number of para-hydroxylation sites is 1. The van der Waals surface area contributed by atoms with Crippen LogP contribution >= 0.6 is 23.7 Å². The molecule has 2 amide bonds. The fourth-order valence-electron chi connectivity index (χ4n) is 1.74. The number of nitrogens with zero attached hydrogens (tertiary/aromatic N) is 2. The number of amides is 2.